The number of hydrogen-bond acceptors (Lipinski definition) is 3. The van der Waals surface area contributed by atoms with Gasteiger partial charge in [-0.1, -0.05) is 11.6 Å². The van der Waals surface area contributed by atoms with E-state index in [-0.39, 0.29) is 28.2 Å². The summed E-state index contributed by atoms with van der Waals surface area (Å²) >= 11 is 6.04. The fraction of sp³-hybridized carbons (Fsp3) is 0.211. The summed E-state index contributed by atoms with van der Waals surface area (Å²) in [5, 5.41) is 10.2. The molecule has 29 heavy (non-hydrogen) atoms. The van der Waals surface area contributed by atoms with Gasteiger partial charge < -0.3 is 21.3 Å². The summed E-state index contributed by atoms with van der Waals surface area (Å²) in [4.78, 5) is 36.0. The molecule has 0 saturated heterocycles. The zero-order chi connectivity index (χ0) is 21.0. The number of benzene rings is 2. The van der Waals surface area contributed by atoms with E-state index in [9.17, 15) is 23.2 Å². The van der Waals surface area contributed by atoms with Gasteiger partial charge >= 0.3 is 6.03 Å². The van der Waals surface area contributed by atoms with Gasteiger partial charge in [-0.2, -0.15) is 0 Å². The SMILES string of the molecule is O=C(CNC(=O)Nc1ccc(Cl)c(C(=O)NC2CC2)c1)Nc1ccc(F)c(F)c1. The monoisotopic (exact) mass is 422 g/mol. The van der Waals surface area contributed by atoms with E-state index in [2.05, 4.69) is 21.3 Å². The Balaban J connectivity index is 1.51. The molecule has 0 aliphatic heterocycles. The highest BCUT2D eigenvalue weighted by Gasteiger charge is 2.25. The van der Waals surface area contributed by atoms with Gasteiger partial charge in [0.2, 0.25) is 5.91 Å². The molecule has 152 valence electrons. The van der Waals surface area contributed by atoms with Crippen LogP contribution in [0.25, 0.3) is 0 Å². The predicted octanol–water partition coefficient (Wildman–Crippen LogP) is 3.27. The molecule has 1 aliphatic rings. The summed E-state index contributed by atoms with van der Waals surface area (Å²) in [7, 11) is 0. The number of urea groups is 1. The first-order valence-electron chi connectivity index (χ1n) is 8.72. The van der Waals surface area contributed by atoms with Crippen LogP contribution in [-0.2, 0) is 4.79 Å². The van der Waals surface area contributed by atoms with Crippen LogP contribution in [0.4, 0.5) is 25.0 Å². The predicted molar refractivity (Wildman–Crippen MR) is 104 cm³/mol. The molecule has 0 heterocycles. The molecule has 0 bridgehead atoms. The van der Waals surface area contributed by atoms with Crippen molar-refractivity contribution in [2.75, 3.05) is 17.2 Å². The van der Waals surface area contributed by atoms with E-state index >= 15 is 0 Å². The highest BCUT2D eigenvalue weighted by Crippen LogP contribution is 2.24. The summed E-state index contributed by atoms with van der Waals surface area (Å²) in [6, 6.07) is 6.79. The summed E-state index contributed by atoms with van der Waals surface area (Å²) < 4.78 is 26.0. The maximum atomic E-state index is 13.1. The van der Waals surface area contributed by atoms with Crippen LogP contribution >= 0.6 is 11.6 Å². The highest BCUT2D eigenvalue weighted by molar-refractivity contribution is 6.34. The van der Waals surface area contributed by atoms with Crippen molar-refractivity contribution in [3.63, 3.8) is 0 Å². The molecule has 4 N–H and O–H groups in total. The summed E-state index contributed by atoms with van der Waals surface area (Å²) in [6.07, 6.45) is 1.85. The minimum absolute atomic E-state index is 0.0557. The lowest BCUT2D eigenvalue weighted by Gasteiger charge is -2.11. The fourth-order valence-corrected chi connectivity index (χ4v) is 2.59. The van der Waals surface area contributed by atoms with E-state index in [0.29, 0.717) is 5.69 Å². The lowest BCUT2D eigenvalue weighted by Crippen LogP contribution is -2.35. The Morgan fingerprint density at radius 2 is 1.66 bits per heavy atom. The largest absolute Gasteiger partial charge is 0.349 e. The number of rotatable bonds is 6. The quantitative estimate of drug-likeness (QED) is 0.575. The molecule has 2 aromatic rings. The number of carbonyl (C=O) groups is 3. The van der Waals surface area contributed by atoms with Gasteiger partial charge in [0.25, 0.3) is 5.91 Å². The third kappa shape index (κ3) is 5.89. The molecule has 1 aliphatic carbocycles. The zero-order valence-electron chi connectivity index (χ0n) is 15.0. The zero-order valence-corrected chi connectivity index (χ0v) is 15.8. The Kier molecular flexibility index (Phi) is 6.28. The summed E-state index contributed by atoms with van der Waals surface area (Å²) in [5.41, 5.74) is 0.599. The van der Waals surface area contributed by atoms with Gasteiger partial charge in [0.15, 0.2) is 11.6 Å². The van der Waals surface area contributed by atoms with Crippen LogP contribution in [0.1, 0.15) is 23.2 Å². The highest BCUT2D eigenvalue weighted by atomic mass is 35.5. The number of hydrogen-bond donors (Lipinski definition) is 4. The lowest BCUT2D eigenvalue weighted by molar-refractivity contribution is -0.115. The molecule has 3 rings (SSSR count). The van der Waals surface area contributed by atoms with E-state index < -0.39 is 30.1 Å². The Hall–Kier alpha value is -3.20. The molecule has 1 fully saturated rings. The molecule has 7 nitrogen and oxygen atoms in total. The van der Waals surface area contributed by atoms with Gasteiger partial charge in [-0.15, -0.1) is 0 Å². The molecule has 0 radical (unpaired) electrons. The van der Waals surface area contributed by atoms with E-state index in [0.717, 1.165) is 25.0 Å². The van der Waals surface area contributed by atoms with Crippen LogP contribution in [-0.4, -0.2) is 30.4 Å². The second-order valence-electron chi connectivity index (χ2n) is 6.43. The molecule has 0 aromatic heterocycles. The van der Waals surface area contributed by atoms with Gasteiger partial charge in [-0.25, -0.2) is 13.6 Å². The van der Waals surface area contributed by atoms with Crippen molar-refractivity contribution in [1.82, 2.24) is 10.6 Å². The van der Waals surface area contributed by atoms with Crippen molar-refractivity contribution in [3.05, 3.63) is 58.6 Å². The summed E-state index contributed by atoms with van der Waals surface area (Å²) in [6.45, 7) is -0.409. The van der Waals surface area contributed by atoms with Crippen molar-refractivity contribution in [2.24, 2.45) is 0 Å². The van der Waals surface area contributed by atoms with Crippen LogP contribution in [0.5, 0.6) is 0 Å². The van der Waals surface area contributed by atoms with Crippen LogP contribution in [0.15, 0.2) is 36.4 Å². The Labute approximate surface area is 169 Å². The molecular formula is C19H17ClF2N4O3. The minimum Gasteiger partial charge on any atom is -0.349 e. The average Bonchev–Trinajstić information content (AvgIpc) is 3.48. The van der Waals surface area contributed by atoms with E-state index in [1.54, 1.807) is 0 Å². The van der Waals surface area contributed by atoms with E-state index in [4.69, 9.17) is 11.6 Å². The third-order valence-electron chi connectivity index (χ3n) is 3.99. The van der Waals surface area contributed by atoms with Gasteiger partial charge in [0, 0.05) is 23.5 Å². The van der Waals surface area contributed by atoms with E-state index in [1.807, 2.05) is 0 Å². The number of nitrogens with one attached hydrogen (secondary N) is 4. The second kappa shape index (κ2) is 8.87. The van der Waals surface area contributed by atoms with Crippen molar-refractivity contribution >= 4 is 40.8 Å². The first-order chi connectivity index (χ1) is 13.8. The number of anilines is 2. The number of halogens is 3. The number of amides is 4. The molecule has 2 aromatic carbocycles. The third-order valence-corrected chi connectivity index (χ3v) is 4.32. The van der Waals surface area contributed by atoms with Crippen molar-refractivity contribution < 1.29 is 23.2 Å². The van der Waals surface area contributed by atoms with Gasteiger partial charge in [-0.3, -0.25) is 9.59 Å². The normalized spacial score (nSPS) is 12.8. The molecule has 10 heteroatoms. The first kappa shape index (κ1) is 20.5. The topological polar surface area (TPSA) is 99.3 Å². The standard InChI is InChI=1S/C19H17ClF2N4O3/c20-14-5-3-11(7-13(14)18(28)25-10-1-2-10)26-19(29)23-9-17(27)24-12-4-6-15(21)16(22)8-12/h3-8,10H,1-2,9H2,(H,24,27)(H,25,28)(H2,23,26,29). The van der Waals surface area contributed by atoms with Gasteiger partial charge in [0.1, 0.15) is 0 Å². The molecule has 0 spiro atoms. The smallest absolute Gasteiger partial charge is 0.319 e. The van der Waals surface area contributed by atoms with Crippen LogP contribution in [0.3, 0.4) is 0 Å². The van der Waals surface area contributed by atoms with Crippen molar-refractivity contribution in [3.8, 4) is 0 Å². The molecule has 4 amide bonds. The van der Waals surface area contributed by atoms with Gasteiger partial charge in [-0.05, 0) is 43.2 Å². The summed E-state index contributed by atoms with van der Waals surface area (Å²) in [5.74, 6) is -3.09. The number of carbonyl (C=O) groups excluding carboxylic acids is 3. The van der Waals surface area contributed by atoms with Crippen molar-refractivity contribution in [1.29, 1.82) is 0 Å². The molecule has 1 saturated carbocycles. The van der Waals surface area contributed by atoms with E-state index in [1.165, 1.54) is 24.3 Å². The van der Waals surface area contributed by atoms with Crippen LogP contribution in [0, 0.1) is 11.6 Å². The second-order valence-corrected chi connectivity index (χ2v) is 6.83. The first-order valence-corrected chi connectivity index (χ1v) is 9.10. The maximum Gasteiger partial charge on any atom is 0.319 e. The van der Waals surface area contributed by atoms with Crippen LogP contribution < -0.4 is 21.3 Å². The average molecular weight is 423 g/mol. The Morgan fingerprint density at radius 3 is 2.34 bits per heavy atom. The molecular weight excluding hydrogens is 406 g/mol. The maximum absolute atomic E-state index is 13.1. The van der Waals surface area contributed by atoms with Crippen LogP contribution in [0.2, 0.25) is 5.02 Å². The molecule has 0 unspecified atom stereocenters. The Bertz CT molecular complexity index is 966. The Morgan fingerprint density at radius 1 is 0.966 bits per heavy atom. The van der Waals surface area contributed by atoms with Gasteiger partial charge in [0.05, 0.1) is 17.1 Å². The molecule has 0 atom stereocenters. The minimum atomic E-state index is -1.10. The lowest BCUT2D eigenvalue weighted by atomic mass is 10.2. The van der Waals surface area contributed by atoms with Crippen molar-refractivity contribution in [2.45, 2.75) is 18.9 Å². The fourth-order valence-electron chi connectivity index (χ4n) is 2.38.